The average Bonchev–Trinajstić information content (AvgIpc) is 2.61. The molecule has 7 heteroatoms. The minimum atomic E-state index is -4.33. The van der Waals surface area contributed by atoms with Gasteiger partial charge in [0.2, 0.25) is 5.78 Å². The van der Waals surface area contributed by atoms with Gasteiger partial charge in [0.1, 0.15) is 0 Å². The first-order chi connectivity index (χ1) is 12.3. The zero-order valence-electron chi connectivity index (χ0n) is 13.8. The highest BCUT2D eigenvalue weighted by atomic mass is 32.2. The maximum absolute atomic E-state index is 12.4. The Labute approximate surface area is 151 Å². The molecule has 2 aromatic rings. The molecular formula is C19H14N2O4S. The van der Waals surface area contributed by atoms with Crippen molar-refractivity contribution in [1.29, 1.82) is 0 Å². The average molecular weight is 366 g/mol. The van der Waals surface area contributed by atoms with Gasteiger partial charge in [-0.05, 0) is 37.1 Å². The van der Waals surface area contributed by atoms with Gasteiger partial charge < -0.3 is 5.53 Å². The molecule has 2 aromatic carbocycles. The van der Waals surface area contributed by atoms with E-state index in [0.717, 1.165) is 5.56 Å². The Morgan fingerprint density at radius 1 is 1.04 bits per heavy atom. The summed E-state index contributed by atoms with van der Waals surface area (Å²) >= 11 is 0. The fourth-order valence-corrected chi connectivity index (χ4v) is 3.21. The van der Waals surface area contributed by atoms with Crippen LogP contribution in [-0.4, -0.2) is 29.8 Å². The number of carbonyl (C=O) groups is 2. The van der Waals surface area contributed by atoms with Gasteiger partial charge in [-0.25, -0.2) is 8.42 Å². The molecule has 0 radical (unpaired) electrons. The summed E-state index contributed by atoms with van der Waals surface area (Å²) in [6, 6.07) is 14.3. The van der Waals surface area contributed by atoms with E-state index >= 15 is 0 Å². The molecule has 0 N–H and O–H groups in total. The Morgan fingerprint density at radius 2 is 1.65 bits per heavy atom. The summed E-state index contributed by atoms with van der Waals surface area (Å²) in [6.07, 6.45) is -0.801. The molecule has 0 atom stereocenters. The summed E-state index contributed by atoms with van der Waals surface area (Å²) in [5.74, 6) is 2.94. The number of hydrogen-bond acceptors (Lipinski definition) is 4. The van der Waals surface area contributed by atoms with Crippen LogP contribution in [0.15, 0.2) is 59.5 Å². The minimum absolute atomic E-state index is 0.202. The van der Waals surface area contributed by atoms with Crippen LogP contribution in [0.2, 0.25) is 0 Å². The molecule has 0 bridgehead atoms. The lowest BCUT2D eigenvalue weighted by atomic mass is 10.2. The van der Waals surface area contributed by atoms with Crippen LogP contribution in [0.5, 0.6) is 0 Å². The van der Waals surface area contributed by atoms with Crippen molar-refractivity contribution in [3.8, 4) is 11.8 Å². The zero-order valence-corrected chi connectivity index (χ0v) is 14.7. The molecule has 0 aliphatic carbocycles. The maximum Gasteiger partial charge on any atom is 0.452 e. The van der Waals surface area contributed by atoms with E-state index in [9.17, 15) is 18.0 Å². The predicted molar refractivity (Wildman–Crippen MR) is 94.9 cm³/mol. The molecule has 26 heavy (non-hydrogen) atoms. The minimum Gasteiger partial charge on any atom is -0.360 e. The highest BCUT2D eigenvalue weighted by molar-refractivity contribution is 8.08. The van der Waals surface area contributed by atoms with Crippen molar-refractivity contribution in [1.82, 2.24) is 0 Å². The second kappa shape index (κ2) is 8.17. The Hall–Kier alpha value is -3.33. The summed E-state index contributed by atoms with van der Waals surface area (Å²) in [6.45, 7) is 1.77. The summed E-state index contributed by atoms with van der Waals surface area (Å²) in [4.78, 5) is 26.4. The number of benzene rings is 2. The SMILES string of the molecule is Cc1ccc(S(=O)(=O)C(=[N+]=[N-])C(=O)CC(=O)C#Cc2ccccc2)cc1. The monoisotopic (exact) mass is 366 g/mol. The Balaban J connectivity index is 2.19. The number of rotatable bonds is 4. The van der Waals surface area contributed by atoms with E-state index < -0.39 is 32.9 Å². The van der Waals surface area contributed by atoms with E-state index in [0.29, 0.717) is 5.56 Å². The molecule has 0 aliphatic heterocycles. The molecule has 0 fully saturated rings. The fraction of sp³-hybridized carbons (Fsp3) is 0.105. The number of sulfone groups is 1. The number of hydrogen-bond donors (Lipinski definition) is 0. The van der Waals surface area contributed by atoms with E-state index in [1.54, 1.807) is 49.4 Å². The van der Waals surface area contributed by atoms with E-state index in [1.807, 2.05) is 0 Å². The molecule has 0 aliphatic rings. The summed E-state index contributed by atoms with van der Waals surface area (Å²) in [7, 11) is -4.33. The van der Waals surface area contributed by atoms with Gasteiger partial charge in [0, 0.05) is 5.56 Å². The number of ketones is 2. The van der Waals surface area contributed by atoms with Crippen molar-refractivity contribution in [2.75, 3.05) is 0 Å². The second-order valence-corrected chi connectivity index (χ2v) is 7.23. The van der Waals surface area contributed by atoms with Gasteiger partial charge in [-0.2, -0.15) is 0 Å². The van der Waals surface area contributed by atoms with Crippen LogP contribution in [0, 0.1) is 18.8 Å². The van der Waals surface area contributed by atoms with E-state index in [1.165, 1.54) is 12.1 Å². The van der Waals surface area contributed by atoms with Crippen molar-refractivity contribution in [2.45, 2.75) is 18.2 Å². The van der Waals surface area contributed by atoms with Crippen molar-refractivity contribution < 1.29 is 22.8 Å². The lowest BCUT2D eigenvalue weighted by molar-refractivity contribution is -0.122. The van der Waals surface area contributed by atoms with Gasteiger partial charge in [-0.3, -0.25) is 9.59 Å². The summed E-state index contributed by atoms with van der Waals surface area (Å²) < 4.78 is 24.8. The van der Waals surface area contributed by atoms with Crippen LogP contribution in [0.25, 0.3) is 5.53 Å². The van der Waals surface area contributed by atoms with E-state index in [4.69, 9.17) is 5.53 Å². The van der Waals surface area contributed by atoms with Gasteiger partial charge in [-0.1, -0.05) is 41.8 Å². The first-order valence-corrected chi connectivity index (χ1v) is 9.00. The molecule has 0 unspecified atom stereocenters. The molecule has 0 saturated carbocycles. The molecule has 0 spiro atoms. The second-order valence-electron chi connectivity index (χ2n) is 5.36. The third-order valence-corrected chi connectivity index (χ3v) is 5.07. The molecule has 0 heterocycles. The molecule has 130 valence electrons. The highest BCUT2D eigenvalue weighted by Gasteiger charge is 2.37. The topological polar surface area (TPSA) is 105 Å². The normalized spacial score (nSPS) is 10.2. The van der Waals surface area contributed by atoms with Gasteiger partial charge in [-0.15, -0.1) is 4.79 Å². The van der Waals surface area contributed by atoms with Gasteiger partial charge in [0.05, 0.1) is 11.3 Å². The van der Waals surface area contributed by atoms with E-state index in [2.05, 4.69) is 16.6 Å². The Bertz CT molecular complexity index is 1050. The van der Waals surface area contributed by atoms with Crippen LogP contribution < -0.4 is 0 Å². The zero-order chi connectivity index (χ0) is 19.2. The quantitative estimate of drug-likeness (QED) is 0.206. The van der Waals surface area contributed by atoms with Crippen LogP contribution in [0.3, 0.4) is 0 Å². The molecule has 0 amide bonds. The maximum atomic E-state index is 12.4. The molecule has 0 saturated heterocycles. The van der Waals surface area contributed by atoms with E-state index in [-0.39, 0.29) is 4.90 Å². The Kier molecular flexibility index (Phi) is 5.97. The summed E-state index contributed by atoms with van der Waals surface area (Å²) in [5, 5.41) is -1.09. The van der Waals surface area contributed by atoms with Gasteiger partial charge >= 0.3 is 5.04 Å². The van der Waals surface area contributed by atoms with Crippen molar-refractivity contribution in [3.63, 3.8) is 0 Å². The first kappa shape index (κ1) is 19.0. The predicted octanol–water partition coefficient (Wildman–Crippen LogP) is 1.98. The molecule has 6 nitrogen and oxygen atoms in total. The first-order valence-electron chi connectivity index (χ1n) is 7.51. The van der Waals surface area contributed by atoms with Gasteiger partial charge in [0.15, 0.2) is 0 Å². The summed E-state index contributed by atoms with van der Waals surface area (Å²) in [5.41, 5.74) is 10.4. The van der Waals surface area contributed by atoms with Crippen LogP contribution in [-0.2, 0) is 19.4 Å². The number of Topliss-reactive ketones (excluding diaryl/α,β-unsaturated/α-hetero) is 2. The Morgan fingerprint density at radius 3 is 2.23 bits per heavy atom. The van der Waals surface area contributed by atoms with Crippen LogP contribution in [0.1, 0.15) is 17.5 Å². The molecule has 2 rings (SSSR count). The number of aryl methyl sites for hydroxylation is 1. The molecular weight excluding hydrogens is 352 g/mol. The highest BCUT2D eigenvalue weighted by Crippen LogP contribution is 2.14. The molecule has 0 aromatic heterocycles. The van der Waals surface area contributed by atoms with Crippen LogP contribution >= 0.6 is 0 Å². The van der Waals surface area contributed by atoms with Crippen molar-refractivity contribution >= 4 is 26.4 Å². The largest absolute Gasteiger partial charge is 0.452 e. The lowest BCUT2D eigenvalue weighted by Gasteiger charge is -2.00. The van der Waals surface area contributed by atoms with Crippen molar-refractivity contribution in [2.24, 2.45) is 0 Å². The fourth-order valence-electron chi connectivity index (χ4n) is 2.02. The third kappa shape index (κ3) is 4.61. The smallest absolute Gasteiger partial charge is 0.360 e. The van der Waals surface area contributed by atoms with Gasteiger partial charge in [0.25, 0.3) is 15.6 Å². The number of carbonyl (C=O) groups excluding carboxylic acids is 2. The third-order valence-electron chi connectivity index (χ3n) is 3.36. The van der Waals surface area contributed by atoms with Crippen molar-refractivity contribution in [3.05, 3.63) is 71.3 Å². The number of nitrogens with zero attached hydrogens (tertiary/aromatic N) is 2. The lowest BCUT2D eigenvalue weighted by Crippen LogP contribution is -2.27. The van der Waals surface area contributed by atoms with Crippen LogP contribution in [0.4, 0.5) is 0 Å². The standard InChI is InChI=1S/C19H14N2O4S/c1-14-7-11-17(12-8-14)26(24,25)19(21-20)18(23)13-16(22)10-9-15-5-3-2-4-6-15/h2-8,11-12H,13H2,1H3.